The van der Waals surface area contributed by atoms with E-state index in [-0.39, 0.29) is 37.6 Å². The monoisotopic (exact) mass is 492 g/mol. The van der Waals surface area contributed by atoms with E-state index < -0.39 is 10.2 Å². The summed E-state index contributed by atoms with van der Waals surface area (Å²) in [6, 6.07) is 17.4. The predicted octanol–water partition coefficient (Wildman–Crippen LogP) is 0.577. The van der Waals surface area contributed by atoms with E-state index in [0.717, 1.165) is 0 Å². The molecule has 178 valence electrons. The van der Waals surface area contributed by atoms with Crippen LogP contribution in [0.3, 0.4) is 0 Å². The Kier molecular flexibility index (Phi) is 4.74. The Balaban J connectivity index is 1.28. The van der Waals surface area contributed by atoms with Gasteiger partial charge in [0, 0.05) is 12.4 Å². The molecule has 5 aromatic rings. The maximum Gasteiger partial charge on any atom is 0.350 e. The third-order valence-corrected chi connectivity index (χ3v) is 7.86. The summed E-state index contributed by atoms with van der Waals surface area (Å²) in [6.45, 7) is 0.198. The van der Waals surface area contributed by atoms with Crippen molar-refractivity contribution in [3.63, 3.8) is 0 Å². The molecular weight excluding hydrogens is 472 g/mol. The average molecular weight is 493 g/mol. The fraction of sp³-hybridized carbons (Fsp3) is 0.182. The van der Waals surface area contributed by atoms with E-state index >= 15 is 0 Å². The number of benzene rings is 1. The summed E-state index contributed by atoms with van der Waals surface area (Å²) < 4.78 is 34.9. The summed E-state index contributed by atoms with van der Waals surface area (Å²) >= 11 is 0. The highest BCUT2D eigenvalue weighted by atomic mass is 32.2. The average Bonchev–Trinajstić information content (AvgIpc) is 3.43. The van der Waals surface area contributed by atoms with Crippen molar-refractivity contribution in [1.29, 1.82) is 0 Å². The zero-order chi connectivity index (χ0) is 24.2. The van der Waals surface area contributed by atoms with Gasteiger partial charge in [-0.1, -0.05) is 24.3 Å². The lowest BCUT2D eigenvalue weighted by atomic mass is 10.2. The van der Waals surface area contributed by atoms with Crippen molar-refractivity contribution in [2.45, 2.75) is 13.1 Å². The molecule has 13 heteroatoms. The number of fused-ring (bicyclic) bond motifs is 3. The maximum atomic E-state index is 13.5. The molecule has 1 aromatic carbocycles. The number of anilines is 2. The van der Waals surface area contributed by atoms with Crippen LogP contribution in [0.15, 0.2) is 82.6 Å². The highest BCUT2D eigenvalue weighted by Gasteiger charge is 2.39. The lowest BCUT2D eigenvalue weighted by molar-refractivity contribution is 0.562. The van der Waals surface area contributed by atoms with Crippen molar-refractivity contribution < 1.29 is 8.42 Å². The largest absolute Gasteiger partial charge is 0.350 e. The molecule has 0 amide bonds. The Morgan fingerprint density at radius 2 is 1.03 bits per heavy atom. The summed E-state index contributed by atoms with van der Waals surface area (Å²) in [6.07, 6.45) is 3.23. The van der Waals surface area contributed by atoms with Crippen LogP contribution in [0.5, 0.6) is 0 Å². The second kappa shape index (κ2) is 7.84. The van der Waals surface area contributed by atoms with E-state index in [1.165, 1.54) is 26.8 Å². The smallest absolute Gasteiger partial charge is 0.250 e. The number of hydrogen-bond acceptors (Lipinski definition) is 6. The van der Waals surface area contributed by atoms with Crippen LogP contribution in [0.1, 0.15) is 0 Å². The van der Waals surface area contributed by atoms with Crippen molar-refractivity contribution >= 4 is 32.9 Å². The van der Waals surface area contributed by atoms with Gasteiger partial charge >= 0.3 is 21.6 Å². The van der Waals surface area contributed by atoms with Gasteiger partial charge in [0.1, 0.15) is 0 Å². The summed E-state index contributed by atoms with van der Waals surface area (Å²) in [5.74, 6) is 0. The van der Waals surface area contributed by atoms with Crippen LogP contribution in [0.2, 0.25) is 0 Å². The van der Waals surface area contributed by atoms with Crippen molar-refractivity contribution in [1.82, 2.24) is 28.4 Å². The van der Waals surface area contributed by atoms with Gasteiger partial charge < -0.3 is 0 Å². The summed E-state index contributed by atoms with van der Waals surface area (Å²) in [5, 5.41) is 8.57. The maximum absolute atomic E-state index is 13.5. The second-order valence-electron chi connectivity index (χ2n) is 8.01. The van der Waals surface area contributed by atoms with Gasteiger partial charge in [0.2, 0.25) is 0 Å². The molecule has 0 fully saturated rings. The minimum Gasteiger partial charge on any atom is -0.250 e. The van der Waals surface area contributed by atoms with Crippen molar-refractivity contribution in [3.8, 4) is 0 Å². The Bertz CT molecular complexity index is 1670. The molecule has 6 rings (SSSR count). The normalized spacial score (nSPS) is 14.7. The third-order valence-electron chi connectivity index (χ3n) is 5.98. The van der Waals surface area contributed by atoms with Crippen molar-refractivity contribution in [2.24, 2.45) is 0 Å². The number of nitrogens with zero attached hydrogens (tertiary/aromatic N) is 8. The lowest BCUT2D eigenvalue weighted by Crippen LogP contribution is -2.42. The van der Waals surface area contributed by atoms with Gasteiger partial charge in [-0.25, -0.2) is 27.6 Å². The molecule has 0 spiro atoms. The number of rotatable bonds is 6. The van der Waals surface area contributed by atoms with Crippen molar-refractivity contribution in [3.05, 3.63) is 94.0 Å². The van der Waals surface area contributed by atoms with Gasteiger partial charge in [0.05, 0.1) is 37.6 Å². The molecule has 0 unspecified atom stereocenters. The van der Waals surface area contributed by atoms with E-state index in [0.29, 0.717) is 22.7 Å². The van der Waals surface area contributed by atoms with Crippen LogP contribution in [0.25, 0.3) is 11.3 Å². The topological polar surface area (TPSA) is 119 Å². The zero-order valence-electron chi connectivity index (χ0n) is 18.4. The SMILES string of the molecule is O=c1n(CCN2c3ccccc3N(CCn3nc4ccccn4c3=O)S2(=O)=O)nc2ccccn12. The summed E-state index contributed by atoms with van der Waals surface area (Å²) in [5.41, 5.74) is 1.31. The van der Waals surface area contributed by atoms with Gasteiger partial charge in [-0.3, -0.25) is 8.80 Å². The molecule has 4 aromatic heterocycles. The molecule has 35 heavy (non-hydrogen) atoms. The molecule has 0 saturated heterocycles. The first-order chi connectivity index (χ1) is 16.9. The number of para-hydroxylation sites is 2. The minimum atomic E-state index is -3.95. The highest BCUT2D eigenvalue weighted by Crippen LogP contribution is 2.40. The molecule has 0 radical (unpaired) electrons. The van der Waals surface area contributed by atoms with E-state index in [4.69, 9.17) is 0 Å². The molecule has 1 aliphatic heterocycles. The highest BCUT2D eigenvalue weighted by molar-refractivity contribution is 7.94. The van der Waals surface area contributed by atoms with E-state index in [2.05, 4.69) is 10.2 Å². The van der Waals surface area contributed by atoms with Gasteiger partial charge in [-0.15, -0.1) is 10.2 Å². The Morgan fingerprint density at radius 1 is 0.600 bits per heavy atom. The van der Waals surface area contributed by atoms with Crippen LogP contribution in [0, 0.1) is 0 Å². The van der Waals surface area contributed by atoms with Crippen LogP contribution in [0.4, 0.5) is 11.4 Å². The molecule has 0 saturated carbocycles. The molecule has 0 N–H and O–H groups in total. The Morgan fingerprint density at radius 3 is 1.46 bits per heavy atom. The minimum absolute atomic E-state index is 0.0218. The van der Waals surface area contributed by atoms with E-state index in [1.807, 2.05) is 0 Å². The molecule has 1 aliphatic rings. The fourth-order valence-corrected chi connectivity index (χ4v) is 5.99. The second-order valence-corrected chi connectivity index (χ2v) is 9.79. The lowest BCUT2D eigenvalue weighted by Gasteiger charge is -2.21. The van der Waals surface area contributed by atoms with Crippen LogP contribution in [-0.2, 0) is 23.3 Å². The Hall–Kier alpha value is -4.39. The third kappa shape index (κ3) is 3.31. The van der Waals surface area contributed by atoms with E-state index in [9.17, 15) is 18.0 Å². The van der Waals surface area contributed by atoms with Crippen LogP contribution < -0.4 is 20.0 Å². The molecule has 5 heterocycles. The van der Waals surface area contributed by atoms with Crippen molar-refractivity contribution in [2.75, 3.05) is 21.7 Å². The van der Waals surface area contributed by atoms with Crippen LogP contribution >= 0.6 is 0 Å². The first-order valence-electron chi connectivity index (χ1n) is 10.9. The molecule has 0 aliphatic carbocycles. The molecule has 0 bridgehead atoms. The molecule has 12 nitrogen and oxygen atoms in total. The summed E-state index contributed by atoms with van der Waals surface area (Å²) in [4.78, 5) is 25.2. The Labute approximate surface area is 198 Å². The van der Waals surface area contributed by atoms with Gasteiger partial charge in [0.15, 0.2) is 11.3 Å². The number of aromatic nitrogens is 6. The fourth-order valence-electron chi connectivity index (χ4n) is 4.32. The first-order valence-corrected chi connectivity index (χ1v) is 12.3. The molecule has 0 atom stereocenters. The van der Waals surface area contributed by atoms with Crippen LogP contribution in [-0.4, -0.2) is 49.9 Å². The number of hydrogen-bond donors (Lipinski definition) is 0. The van der Waals surface area contributed by atoms with Gasteiger partial charge in [-0.05, 0) is 36.4 Å². The molecular formula is C22H20N8O4S. The van der Waals surface area contributed by atoms with Gasteiger partial charge in [0.25, 0.3) is 0 Å². The standard InChI is InChI=1S/C22H20N8O4S/c31-21-25-11-5-3-9-19(25)23-27(21)13-15-29-17-7-1-2-8-18(17)30(35(29,33)34)16-14-28-22(32)26-12-6-4-10-20(26)24-28/h1-12H,13-16H2. The quantitative estimate of drug-likeness (QED) is 0.342. The van der Waals surface area contributed by atoms with Gasteiger partial charge in [-0.2, -0.15) is 8.42 Å². The first kappa shape index (κ1) is 21.2. The number of pyridine rings is 2. The zero-order valence-corrected chi connectivity index (χ0v) is 19.2. The van der Waals surface area contributed by atoms with E-state index in [1.54, 1.807) is 73.1 Å². The summed E-state index contributed by atoms with van der Waals surface area (Å²) in [7, 11) is -3.95. The predicted molar refractivity (Wildman–Crippen MR) is 129 cm³/mol.